The zero-order chi connectivity index (χ0) is 17.0. The third kappa shape index (κ3) is 7.55. The lowest BCUT2D eigenvalue weighted by atomic mass is 9.76. The molecule has 0 N–H and O–H groups in total. The number of hydrogen-bond donors (Lipinski definition) is 0. The SMILES string of the molecule is C=CCC[C@H]1CC[C@H](CC[C@H]2CC[C@H](OCC/C=C\C)CC2)CC1. The topological polar surface area (TPSA) is 9.23 Å². The van der Waals surface area contributed by atoms with Gasteiger partial charge < -0.3 is 4.74 Å². The lowest BCUT2D eigenvalue weighted by Crippen LogP contribution is -2.23. The van der Waals surface area contributed by atoms with Gasteiger partial charge in [0.25, 0.3) is 0 Å². The predicted molar refractivity (Wildman–Crippen MR) is 105 cm³/mol. The summed E-state index contributed by atoms with van der Waals surface area (Å²) in [7, 11) is 0. The molecule has 0 radical (unpaired) electrons. The van der Waals surface area contributed by atoms with Gasteiger partial charge in [-0.2, -0.15) is 0 Å². The highest BCUT2D eigenvalue weighted by Crippen LogP contribution is 2.37. The Labute approximate surface area is 150 Å². The standard InChI is InChI=1S/C23H40O/c1-3-5-7-19-24-23-17-15-22(16-18-23)14-13-21-11-9-20(10-12-21)8-6-4-2/h3-5,20-23H,2,6-19H2,1H3/b5-3-/t20-,21-,22-,23-. The number of rotatable bonds is 10. The van der Waals surface area contributed by atoms with E-state index in [9.17, 15) is 0 Å². The Morgan fingerprint density at radius 1 is 0.792 bits per heavy atom. The minimum atomic E-state index is 0.548. The fourth-order valence-electron chi connectivity index (χ4n) is 4.69. The van der Waals surface area contributed by atoms with Crippen LogP contribution in [0.4, 0.5) is 0 Å². The van der Waals surface area contributed by atoms with Crippen molar-refractivity contribution in [3.8, 4) is 0 Å². The second-order valence-corrected chi connectivity index (χ2v) is 8.20. The van der Waals surface area contributed by atoms with Gasteiger partial charge in [-0.15, -0.1) is 6.58 Å². The summed E-state index contributed by atoms with van der Waals surface area (Å²) in [6.45, 7) is 6.85. The summed E-state index contributed by atoms with van der Waals surface area (Å²) in [6, 6.07) is 0. The van der Waals surface area contributed by atoms with Gasteiger partial charge in [0, 0.05) is 0 Å². The fourth-order valence-corrected chi connectivity index (χ4v) is 4.69. The van der Waals surface area contributed by atoms with Crippen LogP contribution in [-0.2, 0) is 4.74 Å². The summed E-state index contributed by atoms with van der Waals surface area (Å²) in [4.78, 5) is 0. The third-order valence-electron chi connectivity index (χ3n) is 6.40. The summed E-state index contributed by atoms with van der Waals surface area (Å²) in [5, 5.41) is 0. The van der Waals surface area contributed by atoms with E-state index in [2.05, 4.69) is 31.7 Å². The van der Waals surface area contributed by atoms with Crippen LogP contribution in [0.5, 0.6) is 0 Å². The quantitative estimate of drug-likeness (QED) is 0.307. The van der Waals surface area contributed by atoms with Crippen molar-refractivity contribution in [2.24, 2.45) is 17.8 Å². The van der Waals surface area contributed by atoms with Crippen LogP contribution < -0.4 is 0 Å². The Morgan fingerprint density at radius 3 is 1.88 bits per heavy atom. The monoisotopic (exact) mass is 332 g/mol. The molecule has 0 aromatic heterocycles. The maximum Gasteiger partial charge on any atom is 0.0575 e. The number of allylic oxidation sites excluding steroid dienone is 2. The normalized spacial score (nSPS) is 31.4. The van der Waals surface area contributed by atoms with E-state index < -0.39 is 0 Å². The van der Waals surface area contributed by atoms with E-state index >= 15 is 0 Å². The van der Waals surface area contributed by atoms with E-state index in [1.54, 1.807) is 0 Å². The molecule has 0 aromatic carbocycles. The first-order valence-corrected chi connectivity index (χ1v) is 10.7. The van der Waals surface area contributed by atoms with Crippen molar-refractivity contribution in [3.05, 3.63) is 24.8 Å². The van der Waals surface area contributed by atoms with Crippen LogP contribution in [0.2, 0.25) is 0 Å². The van der Waals surface area contributed by atoms with Crippen molar-refractivity contribution in [3.63, 3.8) is 0 Å². The minimum absolute atomic E-state index is 0.548. The maximum atomic E-state index is 6.01. The van der Waals surface area contributed by atoms with E-state index in [-0.39, 0.29) is 0 Å². The molecule has 1 nitrogen and oxygen atoms in total. The molecule has 2 aliphatic rings. The van der Waals surface area contributed by atoms with E-state index in [0.29, 0.717) is 6.10 Å². The summed E-state index contributed by atoms with van der Waals surface area (Å²) in [5.74, 6) is 3.01. The van der Waals surface area contributed by atoms with Crippen molar-refractivity contribution in [1.29, 1.82) is 0 Å². The van der Waals surface area contributed by atoms with Gasteiger partial charge in [-0.25, -0.2) is 0 Å². The first-order valence-electron chi connectivity index (χ1n) is 10.7. The molecule has 2 aliphatic carbocycles. The van der Waals surface area contributed by atoms with E-state index in [1.165, 1.54) is 77.0 Å². The Kier molecular flexibility index (Phi) is 9.80. The Balaban J connectivity index is 1.51. The molecule has 138 valence electrons. The van der Waals surface area contributed by atoms with E-state index in [1.807, 2.05) is 0 Å². The first kappa shape index (κ1) is 19.8. The molecule has 0 unspecified atom stereocenters. The molecule has 0 amide bonds. The van der Waals surface area contributed by atoms with Crippen LogP contribution in [0.3, 0.4) is 0 Å². The molecule has 0 aliphatic heterocycles. The average molecular weight is 333 g/mol. The molecular weight excluding hydrogens is 292 g/mol. The highest BCUT2D eigenvalue weighted by atomic mass is 16.5. The van der Waals surface area contributed by atoms with Gasteiger partial charge in [0.2, 0.25) is 0 Å². The van der Waals surface area contributed by atoms with Crippen LogP contribution >= 0.6 is 0 Å². The molecule has 0 heterocycles. The lowest BCUT2D eigenvalue weighted by molar-refractivity contribution is 0.0188. The molecular formula is C23H40O. The molecule has 0 bridgehead atoms. The molecule has 0 spiro atoms. The summed E-state index contributed by atoms with van der Waals surface area (Å²) in [5.41, 5.74) is 0. The molecule has 0 aromatic rings. The molecule has 0 atom stereocenters. The largest absolute Gasteiger partial charge is 0.378 e. The van der Waals surface area contributed by atoms with Gasteiger partial charge in [-0.05, 0) is 69.6 Å². The van der Waals surface area contributed by atoms with Crippen molar-refractivity contribution in [2.75, 3.05) is 6.61 Å². The number of hydrogen-bond acceptors (Lipinski definition) is 1. The van der Waals surface area contributed by atoms with Gasteiger partial charge in [-0.3, -0.25) is 0 Å². The van der Waals surface area contributed by atoms with Gasteiger partial charge >= 0.3 is 0 Å². The Hall–Kier alpha value is -0.560. The van der Waals surface area contributed by atoms with Crippen LogP contribution in [0.15, 0.2) is 24.8 Å². The highest BCUT2D eigenvalue weighted by Gasteiger charge is 2.24. The third-order valence-corrected chi connectivity index (χ3v) is 6.40. The first-order chi connectivity index (χ1) is 11.8. The Bertz CT molecular complexity index is 343. The second-order valence-electron chi connectivity index (χ2n) is 8.20. The smallest absolute Gasteiger partial charge is 0.0575 e. The molecule has 2 rings (SSSR count). The minimum Gasteiger partial charge on any atom is -0.378 e. The lowest BCUT2D eigenvalue weighted by Gasteiger charge is -2.32. The molecule has 24 heavy (non-hydrogen) atoms. The van der Waals surface area contributed by atoms with Crippen molar-refractivity contribution in [2.45, 2.75) is 96.5 Å². The van der Waals surface area contributed by atoms with E-state index in [4.69, 9.17) is 4.74 Å². The van der Waals surface area contributed by atoms with Gasteiger partial charge in [0.05, 0.1) is 12.7 Å². The van der Waals surface area contributed by atoms with E-state index in [0.717, 1.165) is 30.8 Å². The summed E-state index contributed by atoms with van der Waals surface area (Å²) < 4.78 is 6.01. The molecule has 2 saturated carbocycles. The maximum absolute atomic E-state index is 6.01. The fraction of sp³-hybridized carbons (Fsp3) is 0.826. The van der Waals surface area contributed by atoms with Crippen LogP contribution in [-0.4, -0.2) is 12.7 Å². The summed E-state index contributed by atoms with van der Waals surface area (Å²) in [6.07, 6.45) is 25.0. The van der Waals surface area contributed by atoms with Crippen LogP contribution in [0.25, 0.3) is 0 Å². The molecule has 1 heteroatoms. The van der Waals surface area contributed by atoms with Crippen molar-refractivity contribution < 1.29 is 4.74 Å². The van der Waals surface area contributed by atoms with Crippen LogP contribution in [0.1, 0.15) is 90.4 Å². The molecule has 2 fully saturated rings. The average Bonchev–Trinajstić information content (AvgIpc) is 2.64. The molecule has 0 saturated heterocycles. The number of ether oxygens (including phenoxy) is 1. The Morgan fingerprint density at radius 2 is 1.33 bits per heavy atom. The van der Waals surface area contributed by atoms with Gasteiger partial charge in [0.15, 0.2) is 0 Å². The zero-order valence-electron chi connectivity index (χ0n) is 16.1. The van der Waals surface area contributed by atoms with Crippen LogP contribution in [0, 0.1) is 17.8 Å². The van der Waals surface area contributed by atoms with Gasteiger partial charge in [-0.1, -0.05) is 56.8 Å². The van der Waals surface area contributed by atoms with Crippen molar-refractivity contribution >= 4 is 0 Å². The predicted octanol–water partition coefficient (Wildman–Crippen LogP) is 7.08. The summed E-state index contributed by atoms with van der Waals surface area (Å²) >= 11 is 0. The second kappa shape index (κ2) is 11.9. The van der Waals surface area contributed by atoms with Crippen molar-refractivity contribution in [1.82, 2.24) is 0 Å². The highest BCUT2D eigenvalue weighted by molar-refractivity contribution is 4.79. The van der Waals surface area contributed by atoms with Gasteiger partial charge in [0.1, 0.15) is 0 Å². The zero-order valence-corrected chi connectivity index (χ0v) is 16.1.